The van der Waals surface area contributed by atoms with Gasteiger partial charge < -0.3 is 115 Å². The predicted molar refractivity (Wildman–Crippen MR) is 421 cm³/mol. The van der Waals surface area contributed by atoms with E-state index >= 15 is 0 Å². The topological polar surface area (TPSA) is 419 Å². The molecule has 0 radical (unpaired) electrons. The molecule has 29 nitrogen and oxygen atoms in total. The Hall–Kier alpha value is -4.12. The summed E-state index contributed by atoms with van der Waals surface area (Å²) >= 11 is 0. The van der Waals surface area contributed by atoms with Crippen molar-refractivity contribution in [2.45, 2.75) is 322 Å². The van der Waals surface area contributed by atoms with Crippen LogP contribution in [-0.2, 0) is 71.4 Å². The molecule has 654 valence electrons. The van der Waals surface area contributed by atoms with Crippen molar-refractivity contribution < 1.29 is 117 Å². The van der Waals surface area contributed by atoms with Crippen LogP contribution in [0.3, 0.4) is 0 Å². The molecule has 0 aromatic carbocycles. The molecule has 7 rings (SSSR count). The number of nitrogens with zero attached hydrogens (tertiary/aromatic N) is 1. The Balaban J connectivity index is 0.000000510. The maximum atomic E-state index is 14.5. The number of nitrogens with one attached hydrogen (secondary N) is 4. The van der Waals surface area contributed by atoms with Gasteiger partial charge in [0.1, 0.15) is 48.8 Å². The first kappa shape index (κ1) is 97.7. The minimum absolute atomic E-state index is 0.0256. The van der Waals surface area contributed by atoms with Gasteiger partial charge in [0.25, 0.3) is 0 Å². The van der Waals surface area contributed by atoms with Gasteiger partial charge >= 0.3 is 5.97 Å². The van der Waals surface area contributed by atoms with E-state index in [1.807, 2.05) is 13.8 Å². The fourth-order valence-corrected chi connectivity index (χ4v) is 18.4. The number of esters is 1. The Kier molecular flexibility index (Phi) is 43.9. The summed E-state index contributed by atoms with van der Waals surface area (Å²) in [5.41, 5.74) is 2.54. The van der Waals surface area contributed by atoms with Gasteiger partial charge in [-0.15, -0.1) is 0 Å². The van der Waals surface area contributed by atoms with Crippen LogP contribution in [0.2, 0.25) is 0 Å². The molecule has 0 aromatic heterocycles. The van der Waals surface area contributed by atoms with Gasteiger partial charge in [-0.05, 0) is 155 Å². The van der Waals surface area contributed by atoms with Gasteiger partial charge in [0.2, 0.25) is 29.5 Å². The zero-order valence-corrected chi connectivity index (χ0v) is 69.9. The van der Waals surface area contributed by atoms with Crippen molar-refractivity contribution in [2.75, 3.05) is 98.8 Å². The van der Waals surface area contributed by atoms with Crippen molar-refractivity contribution in [3.8, 4) is 0 Å². The van der Waals surface area contributed by atoms with Crippen molar-refractivity contribution in [3.63, 3.8) is 0 Å². The first-order valence-electron chi connectivity index (χ1n) is 43.2. The molecular weight excluding hydrogens is 1460 g/mol. The lowest BCUT2D eigenvalue weighted by Crippen LogP contribution is -2.55. The molecule has 3 aliphatic heterocycles. The SMILES string of the molecule is CCC(=O)O[C@H]1CC[C@@]2(C)C(=CCC3C2CC[C@@]2(C)C3CC[C@@H]2[C@H](C)CCCC(C)C)C1.CCCOCCOCCC(=O)NC(CCCCNC(=O)CCCCOC1OC(CO)C(O)C(O)C1C)C(=O)N(CCNC(=O)CCCCOC1OC(CO)C(O)C(O)C1C)CCNC(=O)CCCCOC1OC(CO)C(O)C(O)C1C. The van der Waals surface area contributed by atoms with Crippen LogP contribution in [0.25, 0.3) is 0 Å². The number of rotatable bonds is 49. The second kappa shape index (κ2) is 50.7. The molecule has 3 heterocycles. The molecule has 6 fully saturated rings. The second-order valence-electron chi connectivity index (χ2n) is 34.1. The van der Waals surface area contributed by atoms with Crippen LogP contribution in [-0.4, -0.2) is 271 Å². The molecule has 13 N–H and O–H groups in total. The monoisotopic (exact) mass is 1610 g/mol. The summed E-state index contributed by atoms with van der Waals surface area (Å²) in [6.07, 6.45) is 10.2. The normalized spacial score (nSPS) is 32.6. The molecule has 3 saturated heterocycles. The van der Waals surface area contributed by atoms with Gasteiger partial charge in [-0.2, -0.15) is 0 Å². The fraction of sp³-hybridized carbons (Fsp3) is 0.905. The zero-order valence-electron chi connectivity index (χ0n) is 69.9. The average molecular weight is 1610 g/mol. The van der Waals surface area contributed by atoms with E-state index in [1.165, 1.54) is 62.7 Å². The lowest BCUT2D eigenvalue weighted by atomic mass is 9.47. The quantitative estimate of drug-likeness (QED) is 0.0195. The van der Waals surface area contributed by atoms with Crippen LogP contribution < -0.4 is 21.3 Å². The van der Waals surface area contributed by atoms with Crippen LogP contribution in [0.4, 0.5) is 0 Å². The van der Waals surface area contributed by atoms with Crippen molar-refractivity contribution >= 4 is 35.5 Å². The summed E-state index contributed by atoms with van der Waals surface area (Å²) in [6.45, 7) is 22.3. The number of carbonyl (C=O) groups is 6. The molecule has 19 unspecified atom stereocenters. The third kappa shape index (κ3) is 30.0. The third-order valence-corrected chi connectivity index (χ3v) is 25.4. The molecule has 113 heavy (non-hydrogen) atoms. The van der Waals surface area contributed by atoms with Crippen LogP contribution in [0.1, 0.15) is 236 Å². The molecule has 24 atom stereocenters. The zero-order chi connectivity index (χ0) is 82.8. The predicted octanol–water partition coefficient (Wildman–Crippen LogP) is 5.79. The molecule has 7 aliphatic rings. The van der Waals surface area contributed by atoms with Crippen molar-refractivity contribution in [1.82, 2.24) is 26.2 Å². The Bertz CT molecular complexity index is 2740. The Morgan fingerprint density at radius 2 is 1.03 bits per heavy atom. The molecule has 0 bridgehead atoms. The van der Waals surface area contributed by atoms with Gasteiger partial charge in [-0.25, -0.2) is 0 Å². The number of hydrogen-bond acceptors (Lipinski definition) is 24. The minimum Gasteiger partial charge on any atom is -0.462 e. The lowest BCUT2D eigenvalue weighted by Gasteiger charge is -2.58. The van der Waals surface area contributed by atoms with Gasteiger partial charge in [0.15, 0.2) is 18.9 Å². The maximum absolute atomic E-state index is 14.5. The van der Waals surface area contributed by atoms with Gasteiger partial charge in [-0.3, -0.25) is 28.8 Å². The van der Waals surface area contributed by atoms with Crippen LogP contribution >= 0.6 is 0 Å². The van der Waals surface area contributed by atoms with E-state index in [2.05, 4.69) is 62.0 Å². The number of aliphatic hydroxyl groups excluding tert-OH is 9. The number of carbonyl (C=O) groups excluding carboxylic acids is 6. The van der Waals surface area contributed by atoms with Crippen molar-refractivity contribution in [3.05, 3.63) is 11.6 Å². The Morgan fingerprint density at radius 3 is 1.50 bits per heavy atom. The number of amides is 5. The molecule has 0 aromatic rings. The van der Waals surface area contributed by atoms with Crippen LogP contribution in [0.15, 0.2) is 11.6 Å². The smallest absolute Gasteiger partial charge is 0.305 e. The van der Waals surface area contributed by atoms with E-state index in [4.69, 9.17) is 42.6 Å². The maximum Gasteiger partial charge on any atom is 0.305 e. The standard InChI is InChI=1S/C54H99N5O22.C30H50O2/c1-5-24-74-29-30-75-28-18-44(66)58-37(14-6-10-19-55-41(63)15-7-11-25-76-52-34(2)45(67)48(70)38(31-60)79-52)51(73)59(22-20-56-42(64)16-8-12-26-77-53-35(3)46(68)49(71)39(32-61)80-53)23-21-57-43(65)17-9-13-27-78-54-36(4)47(69)50(72)40(33-62)81-54;1-7-28(31)32-23-15-17-29(5)22(19-23)11-12-24-26-14-13-25(21(4)10-8-9-20(2)3)30(26,6)18-16-27(24)29/h34-40,45-50,52-54,60-62,67-72H,5-33H2,1-4H3,(H,55,63)(H,56,64)(H,57,65)(H,58,66);11,20-21,23-27H,7-10,12-19H2,1-6H3/t;21-,23+,24?,25-,26?,27?,29+,30-/m.1/s1. The van der Waals surface area contributed by atoms with Crippen molar-refractivity contribution in [1.29, 1.82) is 0 Å². The average Bonchev–Trinajstić information content (AvgIpc) is 1.68. The highest BCUT2D eigenvalue weighted by Gasteiger charge is 2.59. The third-order valence-electron chi connectivity index (χ3n) is 25.4. The van der Waals surface area contributed by atoms with E-state index in [1.54, 1.807) is 26.3 Å². The highest BCUT2D eigenvalue weighted by atomic mass is 16.7. The van der Waals surface area contributed by atoms with E-state index in [-0.39, 0.29) is 121 Å². The molecule has 0 spiro atoms. The summed E-state index contributed by atoms with van der Waals surface area (Å²) in [5.74, 6) is 1.95. The van der Waals surface area contributed by atoms with Crippen LogP contribution in [0.5, 0.6) is 0 Å². The van der Waals surface area contributed by atoms with Gasteiger partial charge in [0.05, 0.1) is 58.0 Å². The van der Waals surface area contributed by atoms with Crippen LogP contribution in [0, 0.1) is 64.1 Å². The number of unbranched alkanes of at least 4 members (excludes halogenated alkanes) is 4. The van der Waals surface area contributed by atoms with Gasteiger partial charge in [-0.1, -0.05) is 100 Å². The van der Waals surface area contributed by atoms with E-state index < -0.39 is 129 Å². The highest BCUT2D eigenvalue weighted by Crippen LogP contribution is 2.67. The molecule has 29 heteroatoms. The minimum atomic E-state index is -1.25. The van der Waals surface area contributed by atoms with Gasteiger partial charge in [0, 0.05) is 115 Å². The summed E-state index contributed by atoms with van der Waals surface area (Å²) in [6, 6.07) is -1.01. The first-order chi connectivity index (χ1) is 54.1. The highest BCUT2D eigenvalue weighted by molar-refractivity contribution is 5.88. The number of allylic oxidation sites excluding steroid dienone is 1. The largest absolute Gasteiger partial charge is 0.462 e. The summed E-state index contributed by atoms with van der Waals surface area (Å²) < 4.78 is 50.8. The second-order valence-corrected chi connectivity index (χ2v) is 34.1. The molecule has 4 aliphatic carbocycles. The van der Waals surface area contributed by atoms with E-state index in [9.17, 15) is 74.7 Å². The lowest BCUT2D eigenvalue weighted by molar-refractivity contribution is -0.282. The molecule has 3 saturated carbocycles. The Morgan fingerprint density at radius 1 is 0.531 bits per heavy atom. The van der Waals surface area contributed by atoms with E-state index in [0.717, 1.165) is 54.8 Å². The molecular formula is C84H149N5O24. The first-order valence-corrected chi connectivity index (χ1v) is 43.2. The number of hydrogen-bond donors (Lipinski definition) is 13. The van der Waals surface area contributed by atoms with E-state index in [0.29, 0.717) is 88.4 Å². The number of aliphatic hydroxyl groups is 9. The Labute approximate surface area is 672 Å². The fourth-order valence-electron chi connectivity index (χ4n) is 18.4. The summed E-state index contributed by atoms with van der Waals surface area (Å²) in [4.78, 5) is 79.8. The summed E-state index contributed by atoms with van der Waals surface area (Å²) in [7, 11) is 0. The number of fused-ring (bicyclic) bond motifs is 5. The number of ether oxygens (including phenoxy) is 9. The summed E-state index contributed by atoms with van der Waals surface area (Å²) in [5, 5.41) is 101. The molecule has 5 amide bonds. The van der Waals surface area contributed by atoms with Crippen molar-refractivity contribution in [2.24, 2.45) is 64.1 Å².